The van der Waals surface area contributed by atoms with Crippen molar-refractivity contribution >= 4 is 5.78 Å². The van der Waals surface area contributed by atoms with Gasteiger partial charge in [0.15, 0.2) is 11.5 Å². The Balaban J connectivity index is 1.74. The normalized spacial score (nSPS) is 17.9. The second-order valence-electron chi connectivity index (χ2n) is 5.81. The van der Waals surface area contributed by atoms with Gasteiger partial charge in [-0.25, -0.2) is 9.37 Å². The maximum atomic E-state index is 14.3. The molecule has 0 spiro atoms. The van der Waals surface area contributed by atoms with Gasteiger partial charge in [-0.3, -0.25) is 9.78 Å². The Morgan fingerprint density at radius 3 is 2.77 bits per heavy atom. The van der Waals surface area contributed by atoms with Gasteiger partial charge in [-0.05, 0) is 11.6 Å². The van der Waals surface area contributed by atoms with Crippen molar-refractivity contribution in [3.05, 3.63) is 58.9 Å². The molecule has 0 amide bonds. The molecule has 0 unspecified atom stereocenters. The van der Waals surface area contributed by atoms with E-state index in [1.807, 2.05) is 0 Å². The fraction of sp³-hybridized carbons (Fsp3) is 0.353. The predicted octanol–water partition coefficient (Wildman–Crippen LogP) is 2.72. The zero-order valence-electron chi connectivity index (χ0n) is 13.5. The van der Waals surface area contributed by atoms with E-state index in [0.29, 0.717) is 37.0 Å². The number of nitrogens with one attached hydrogen (secondary N) is 1. The lowest BCUT2D eigenvalue weighted by Crippen LogP contribution is -2.33. The molecule has 3 rings (SSSR count). The number of halogens is 4. The van der Waals surface area contributed by atoms with Crippen LogP contribution in [0.4, 0.5) is 17.6 Å². The minimum atomic E-state index is -4.69. The van der Waals surface area contributed by atoms with E-state index in [2.05, 4.69) is 15.3 Å². The number of ketones is 1. The average molecular weight is 369 g/mol. The third-order valence-electron chi connectivity index (χ3n) is 3.91. The molecule has 138 valence electrons. The molecule has 0 bridgehead atoms. The van der Waals surface area contributed by atoms with Crippen LogP contribution in [0.2, 0.25) is 0 Å². The van der Waals surface area contributed by atoms with Gasteiger partial charge >= 0.3 is 6.18 Å². The Hall–Kier alpha value is -2.39. The molecule has 1 aliphatic heterocycles. The first-order valence-corrected chi connectivity index (χ1v) is 7.87. The molecule has 2 heterocycles. The maximum Gasteiger partial charge on any atom is 0.434 e. The van der Waals surface area contributed by atoms with E-state index in [1.165, 1.54) is 12.1 Å². The average Bonchev–Trinajstić information content (AvgIpc) is 2.62. The number of Topliss-reactive ketones (excluding diaryl/α,β-unsaturated/α-hetero) is 1. The van der Waals surface area contributed by atoms with Crippen LogP contribution in [0, 0.1) is 5.82 Å². The monoisotopic (exact) mass is 369 g/mol. The molecule has 1 saturated heterocycles. The maximum absolute atomic E-state index is 14.3. The smallest absolute Gasteiger partial charge is 0.371 e. The summed E-state index contributed by atoms with van der Waals surface area (Å²) in [5.41, 5.74) is -0.956. The molecule has 0 radical (unpaired) electrons. The Labute approximate surface area is 146 Å². The Morgan fingerprint density at radius 1 is 1.31 bits per heavy atom. The quantitative estimate of drug-likeness (QED) is 0.663. The zero-order valence-corrected chi connectivity index (χ0v) is 13.5. The van der Waals surface area contributed by atoms with Gasteiger partial charge in [0.2, 0.25) is 0 Å². The predicted molar refractivity (Wildman–Crippen MR) is 83.0 cm³/mol. The lowest BCUT2D eigenvalue weighted by molar-refractivity contribution is -0.141. The van der Waals surface area contributed by atoms with Gasteiger partial charge in [0.05, 0.1) is 25.1 Å². The van der Waals surface area contributed by atoms with Crippen LogP contribution in [0.15, 0.2) is 30.6 Å². The van der Waals surface area contributed by atoms with E-state index in [9.17, 15) is 22.4 Å². The van der Waals surface area contributed by atoms with Crippen LogP contribution in [0.5, 0.6) is 0 Å². The van der Waals surface area contributed by atoms with E-state index in [0.717, 1.165) is 6.20 Å². The number of rotatable bonds is 4. The summed E-state index contributed by atoms with van der Waals surface area (Å²) >= 11 is 0. The minimum Gasteiger partial charge on any atom is -0.371 e. The van der Waals surface area contributed by atoms with Crippen molar-refractivity contribution in [2.45, 2.75) is 18.7 Å². The zero-order chi connectivity index (χ0) is 18.7. The fourth-order valence-electron chi connectivity index (χ4n) is 2.62. The molecule has 0 saturated carbocycles. The highest BCUT2D eigenvalue weighted by molar-refractivity contribution is 5.95. The molecule has 1 N–H and O–H groups in total. The first-order valence-electron chi connectivity index (χ1n) is 7.87. The van der Waals surface area contributed by atoms with Crippen LogP contribution in [0.25, 0.3) is 0 Å². The van der Waals surface area contributed by atoms with E-state index >= 15 is 0 Å². The lowest BCUT2D eigenvalue weighted by atomic mass is 10.0. The van der Waals surface area contributed by atoms with Gasteiger partial charge in [0.25, 0.3) is 0 Å². The Morgan fingerprint density at radius 2 is 2.12 bits per heavy atom. The van der Waals surface area contributed by atoms with Crippen LogP contribution in [0.1, 0.15) is 33.4 Å². The Bertz CT molecular complexity index is 805. The highest BCUT2D eigenvalue weighted by atomic mass is 19.4. The molecule has 9 heteroatoms. The number of aromatic nitrogens is 2. The summed E-state index contributed by atoms with van der Waals surface area (Å²) in [6.07, 6.45) is -3.88. The molecule has 1 aromatic heterocycles. The number of hydrogen-bond acceptors (Lipinski definition) is 5. The number of benzene rings is 1. The van der Waals surface area contributed by atoms with Crippen LogP contribution in [-0.4, -0.2) is 35.4 Å². The number of hydrogen-bond donors (Lipinski definition) is 1. The summed E-state index contributed by atoms with van der Waals surface area (Å²) in [4.78, 5) is 18.9. The summed E-state index contributed by atoms with van der Waals surface area (Å²) in [6.45, 7) is 1.65. The fourth-order valence-corrected chi connectivity index (χ4v) is 2.62. The number of carbonyl (C=O) groups is 1. The van der Waals surface area contributed by atoms with Gasteiger partial charge in [0, 0.05) is 25.1 Å². The van der Waals surface area contributed by atoms with Gasteiger partial charge in [-0.15, -0.1) is 0 Å². The SMILES string of the molecule is O=C(Cc1ccc([C@H]2CNCCO2)c(F)c1)c1cncc(C(F)(F)F)n1. The molecule has 1 fully saturated rings. The van der Waals surface area contributed by atoms with Gasteiger partial charge in [-0.1, -0.05) is 12.1 Å². The van der Waals surface area contributed by atoms with Crippen LogP contribution < -0.4 is 5.32 Å². The second kappa shape index (κ2) is 7.46. The minimum absolute atomic E-state index is 0.281. The summed E-state index contributed by atoms with van der Waals surface area (Å²) in [7, 11) is 0. The summed E-state index contributed by atoms with van der Waals surface area (Å²) in [5, 5.41) is 3.09. The van der Waals surface area contributed by atoms with Crippen LogP contribution in [-0.2, 0) is 17.3 Å². The second-order valence-corrected chi connectivity index (χ2v) is 5.81. The lowest BCUT2D eigenvalue weighted by Gasteiger charge is -2.24. The van der Waals surface area contributed by atoms with Crippen molar-refractivity contribution in [3.63, 3.8) is 0 Å². The number of alkyl halides is 3. The number of nitrogens with zero attached hydrogens (tertiary/aromatic N) is 2. The largest absolute Gasteiger partial charge is 0.434 e. The van der Waals surface area contributed by atoms with Crippen LogP contribution in [0.3, 0.4) is 0 Å². The number of ether oxygens (including phenoxy) is 1. The van der Waals surface area contributed by atoms with E-state index in [4.69, 9.17) is 4.74 Å². The third-order valence-corrected chi connectivity index (χ3v) is 3.91. The van der Waals surface area contributed by atoms with E-state index in [-0.39, 0.29) is 6.42 Å². The summed E-state index contributed by atoms with van der Waals surface area (Å²) in [6, 6.07) is 4.26. The van der Waals surface area contributed by atoms with Crippen molar-refractivity contribution in [1.82, 2.24) is 15.3 Å². The van der Waals surface area contributed by atoms with Gasteiger partial charge < -0.3 is 10.1 Å². The van der Waals surface area contributed by atoms with Crippen LogP contribution >= 0.6 is 0 Å². The third kappa shape index (κ3) is 4.23. The van der Waals surface area contributed by atoms with Gasteiger partial charge in [-0.2, -0.15) is 13.2 Å². The van der Waals surface area contributed by atoms with Crippen molar-refractivity contribution < 1.29 is 27.1 Å². The molecular formula is C17H15F4N3O2. The van der Waals surface area contributed by atoms with Crippen molar-refractivity contribution in [2.24, 2.45) is 0 Å². The molecule has 26 heavy (non-hydrogen) atoms. The summed E-state index contributed by atoms with van der Waals surface area (Å²) in [5.74, 6) is -1.20. The van der Waals surface area contributed by atoms with E-state index in [1.54, 1.807) is 6.07 Å². The Kier molecular flexibility index (Phi) is 5.28. The molecule has 1 atom stereocenters. The number of carbonyl (C=O) groups excluding carboxylic acids is 1. The van der Waals surface area contributed by atoms with Crippen molar-refractivity contribution in [1.29, 1.82) is 0 Å². The number of morpholine rings is 1. The molecule has 1 aromatic carbocycles. The standard InChI is InChI=1S/C17H15F4N3O2/c18-12-5-10(1-2-11(12)15-8-22-3-4-26-15)6-14(25)13-7-23-9-16(24-13)17(19,20)21/h1-2,5,7,9,15,22H,3-4,6,8H2/t15-/m1/s1. The highest BCUT2D eigenvalue weighted by Gasteiger charge is 2.33. The molecule has 5 nitrogen and oxygen atoms in total. The summed E-state index contributed by atoms with van der Waals surface area (Å²) < 4.78 is 57.8. The topological polar surface area (TPSA) is 64.1 Å². The first kappa shape index (κ1) is 18.4. The van der Waals surface area contributed by atoms with Crippen molar-refractivity contribution in [2.75, 3.05) is 19.7 Å². The highest BCUT2D eigenvalue weighted by Crippen LogP contribution is 2.27. The molecule has 1 aliphatic rings. The molecular weight excluding hydrogens is 354 g/mol. The first-order chi connectivity index (χ1) is 12.3. The molecule has 2 aromatic rings. The van der Waals surface area contributed by atoms with E-state index < -0.39 is 35.3 Å². The van der Waals surface area contributed by atoms with Gasteiger partial charge in [0.1, 0.15) is 11.5 Å². The van der Waals surface area contributed by atoms with Crippen molar-refractivity contribution in [3.8, 4) is 0 Å². The molecule has 0 aliphatic carbocycles.